The quantitative estimate of drug-likeness (QED) is 0.0272. The minimum absolute atomic E-state index is 0.00151. The zero-order valence-corrected chi connectivity index (χ0v) is 45.8. The number of nitrogens with one attached hydrogen (secondary N) is 1. The van der Waals surface area contributed by atoms with Crippen LogP contribution in [0.4, 0.5) is 0 Å². The third kappa shape index (κ3) is 52.2. The number of phosphoric acid groups is 1. The SMILES string of the molecule is CC/C=C\C/C=C\C/C=C\C/C=C\C/C=C\C/C=C\C/C=C\C/C=C\C/C=C\C/C=C\C/C=C\C/C=C\CCCCCCC(=O)NC(COP(=O)([O-])OCC[N+](C)(C)C)C(O)CCCCCCCCC. The molecule has 0 aliphatic carbocycles. The fraction of sp³-hybridized carbons (Fsp3) is 0.590. The minimum atomic E-state index is -4.57. The lowest BCUT2D eigenvalue weighted by atomic mass is 10.0. The molecule has 0 spiro atoms. The van der Waals surface area contributed by atoms with Crippen LogP contribution in [0.2, 0.25) is 0 Å². The highest BCUT2D eigenvalue weighted by molar-refractivity contribution is 7.45. The Labute approximate surface area is 429 Å². The minimum Gasteiger partial charge on any atom is -0.756 e. The average Bonchev–Trinajstić information content (AvgIpc) is 3.32. The van der Waals surface area contributed by atoms with Gasteiger partial charge in [0.05, 0.1) is 39.9 Å². The van der Waals surface area contributed by atoms with E-state index in [0.29, 0.717) is 23.9 Å². The van der Waals surface area contributed by atoms with Crippen molar-refractivity contribution in [3.8, 4) is 0 Å². The van der Waals surface area contributed by atoms with Gasteiger partial charge in [-0.15, -0.1) is 0 Å². The molecular weight excluding hydrogens is 888 g/mol. The van der Waals surface area contributed by atoms with E-state index in [4.69, 9.17) is 9.05 Å². The Hall–Kier alpha value is -3.62. The van der Waals surface area contributed by atoms with E-state index in [1.54, 1.807) is 0 Å². The van der Waals surface area contributed by atoms with Gasteiger partial charge in [-0.3, -0.25) is 9.36 Å². The highest BCUT2D eigenvalue weighted by Gasteiger charge is 2.24. The lowest BCUT2D eigenvalue weighted by Gasteiger charge is -2.30. The van der Waals surface area contributed by atoms with E-state index in [-0.39, 0.29) is 19.1 Å². The van der Waals surface area contributed by atoms with Gasteiger partial charge < -0.3 is 28.8 Å². The van der Waals surface area contributed by atoms with Crippen LogP contribution in [-0.4, -0.2) is 68.5 Å². The van der Waals surface area contributed by atoms with Crippen molar-refractivity contribution >= 4 is 13.7 Å². The molecule has 0 aromatic heterocycles. The Morgan fingerprint density at radius 2 is 0.871 bits per heavy atom. The molecule has 0 saturated carbocycles. The number of hydrogen-bond donors (Lipinski definition) is 2. The molecule has 0 bridgehead atoms. The van der Waals surface area contributed by atoms with Crippen molar-refractivity contribution in [2.75, 3.05) is 40.9 Å². The van der Waals surface area contributed by atoms with Crippen LogP contribution in [0.15, 0.2) is 146 Å². The van der Waals surface area contributed by atoms with Crippen molar-refractivity contribution in [3.05, 3.63) is 146 Å². The summed E-state index contributed by atoms with van der Waals surface area (Å²) in [5.74, 6) is -0.201. The third-order valence-corrected chi connectivity index (χ3v) is 12.1. The number of hydrogen-bond acceptors (Lipinski definition) is 6. The predicted molar refractivity (Wildman–Crippen MR) is 301 cm³/mol. The number of amides is 1. The number of quaternary nitrogens is 1. The van der Waals surface area contributed by atoms with Gasteiger partial charge in [-0.05, 0) is 103 Å². The van der Waals surface area contributed by atoms with Crippen LogP contribution in [0, 0.1) is 0 Å². The summed E-state index contributed by atoms with van der Waals surface area (Å²) in [7, 11) is 1.26. The van der Waals surface area contributed by atoms with E-state index < -0.39 is 20.0 Å². The second kappa shape index (κ2) is 50.3. The first-order valence-electron chi connectivity index (χ1n) is 27.2. The van der Waals surface area contributed by atoms with Crippen molar-refractivity contribution in [2.45, 2.75) is 193 Å². The van der Waals surface area contributed by atoms with Crippen LogP contribution >= 0.6 is 7.82 Å². The first-order chi connectivity index (χ1) is 34.0. The van der Waals surface area contributed by atoms with Gasteiger partial charge in [0, 0.05) is 6.42 Å². The monoisotopic (exact) mass is 989 g/mol. The lowest BCUT2D eigenvalue weighted by Crippen LogP contribution is -2.46. The lowest BCUT2D eigenvalue weighted by molar-refractivity contribution is -0.870. The van der Waals surface area contributed by atoms with Gasteiger partial charge >= 0.3 is 0 Å². The van der Waals surface area contributed by atoms with Gasteiger partial charge in [0.25, 0.3) is 7.82 Å². The first-order valence-corrected chi connectivity index (χ1v) is 28.6. The van der Waals surface area contributed by atoms with Crippen molar-refractivity contribution in [1.29, 1.82) is 0 Å². The summed E-state index contributed by atoms with van der Waals surface area (Å²) >= 11 is 0. The van der Waals surface area contributed by atoms with Gasteiger partial charge in [0.15, 0.2) is 0 Å². The van der Waals surface area contributed by atoms with Gasteiger partial charge in [0.1, 0.15) is 13.2 Å². The molecule has 0 rings (SSSR count). The maximum atomic E-state index is 12.8. The van der Waals surface area contributed by atoms with E-state index in [1.165, 1.54) is 25.7 Å². The standard InChI is InChI=1S/C61H101N2O6P/c1-6-8-10-12-14-15-16-17-18-19-20-21-22-23-24-25-26-27-28-29-30-31-32-33-34-35-36-37-38-39-40-41-42-43-44-45-46-47-49-51-53-55-61(65)62-59(60(64)54-52-50-48-13-11-9-7-2)58-69-70(66,67)68-57-56-63(3,4)5/h8,10,14-15,17-18,20-21,23-24,26-27,29-30,32-33,35-36,38-39,41-42,44-45,59-60,64H,6-7,9,11-13,16,19,22,25,28,31,34,37,40,43,46-58H2,1-5H3,(H-,62,65,66,67)/b10-8-,15-14-,18-17-,21-20-,24-23-,27-26-,30-29-,33-32-,36-35-,39-38-,42-41-,45-44-. The number of allylic oxidation sites excluding steroid dienone is 24. The number of phosphoric ester groups is 1. The first kappa shape index (κ1) is 66.4. The summed E-state index contributed by atoms with van der Waals surface area (Å²) in [5.41, 5.74) is 0. The van der Waals surface area contributed by atoms with E-state index >= 15 is 0 Å². The highest BCUT2D eigenvalue weighted by atomic mass is 31.2. The fourth-order valence-corrected chi connectivity index (χ4v) is 7.56. The van der Waals surface area contributed by atoms with Crippen LogP contribution in [-0.2, 0) is 18.4 Å². The number of aliphatic hydroxyl groups excluding tert-OH is 1. The fourth-order valence-electron chi connectivity index (χ4n) is 6.84. The summed E-state index contributed by atoms with van der Waals surface area (Å²) in [6.45, 7) is 4.50. The largest absolute Gasteiger partial charge is 0.756 e. The molecule has 0 saturated heterocycles. The maximum absolute atomic E-state index is 12.8. The molecule has 0 heterocycles. The number of unbranched alkanes of at least 4 members (excludes halogenated alkanes) is 10. The molecule has 2 N–H and O–H groups in total. The normalized spacial score (nSPS) is 15.1. The van der Waals surface area contributed by atoms with Crippen LogP contribution in [0.3, 0.4) is 0 Å². The van der Waals surface area contributed by atoms with Crippen molar-refractivity contribution in [3.63, 3.8) is 0 Å². The second-order valence-corrected chi connectivity index (χ2v) is 20.3. The Bertz CT molecular complexity index is 1640. The molecule has 9 heteroatoms. The van der Waals surface area contributed by atoms with Gasteiger partial charge in [-0.25, -0.2) is 0 Å². The number of aliphatic hydroxyl groups is 1. The molecule has 3 unspecified atom stereocenters. The zero-order valence-electron chi connectivity index (χ0n) is 44.9. The highest BCUT2D eigenvalue weighted by Crippen LogP contribution is 2.38. The van der Waals surface area contributed by atoms with Crippen LogP contribution < -0.4 is 10.2 Å². The van der Waals surface area contributed by atoms with E-state index in [1.807, 2.05) is 21.1 Å². The van der Waals surface area contributed by atoms with E-state index in [9.17, 15) is 19.4 Å². The Morgan fingerprint density at radius 1 is 0.514 bits per heavy atom. The second-order valence-electron chi connectivity index (χ2n) is 18.9. The molecule has 70 heavy (non-hydrogen) atoms. The Balaban J connectivity index is 4.07. The number of likely N-dealkylation sites (N-methyl/N-ethyl adjacent to an activating group) is 1. The van der Waals surface area contributed by atoms with E-state index in [2.05, 4.69) is 165 Å². The summed E-state index contributed by atoms with van der Waals surface area (Å²) in [4.78, 5) is 25.3. The molecular formula is C61H101N2O6P. The molecule has 0 aliphatic rings. The van der Waals surface area contributed by atoms with Gasteiger partial charge in [-0.2, -0.15) is 0 Å². The zero-order chi connectivity index (χ0) is 51.3. The molecule has 0 aromatic rings. The molecule has 3 atom stereocenters. The van der Waals surface area contributed by atoms with Gasteiger partial charge in [-0.1, -0.05) is 217 Å². The molecule has 0 aliphatic heterocycles. The topological polar surface area (TPSA) is 108 Å². The molecule has 8 nitrogen and oxygen atoms in total. The molecule has 0 fully saturated rings. The van der Waals surface area contributed by atoms with Crippen molar-refractivity contribution in [2.24, 2.45) is 0 Å². The molecule has 0 aromatic carbocycles. The summed E-state index contributed by atoms with van der Waals surface area (Å²) in [6, 6.07) is -0.822. The van der Waals surface area contributed by atoms with Crippen LogP contribution in [0.1, 0.15) is 181 Å². The smallest absolute Gasteiger partial charge is 0.268 e. The third-order valence-electron chi connectivity index (χ3n) is 11.1. The maximum Gasteiger partial charge on any atom is 0.268 e. The van der Waals surface area contributed by atoms with Crippen molar-refractivity contribution in [1.82, 2.24) is 5.32 Å². The summed E-state index contributed by atoms with van der Waals surface area (Å²) < 4.78 is 23.2. The number of nitrogens with zero attached hydrogens (tertiary/aromatic N) is 1. The number of carbonyl (C=O) groups excluding carboxylic acids is 1. The predicted octanol–water partition coefficient (Wildman–Crippen LogP) is 15.9. The molecule has 0 radical (unpaired) electrons. The Morgan fingerprint density at radius 3 is 1.27 bits per heavy atom. The Kier molecular flexibility index (Phi) is 47.7. The number of rotatable bonds is 47. The number of carbonyl (C=O) groups is 1. The van der Waals surface area contributed by atoms with Crippen LogP contribution in [0.5, 0.6) is 0 Å². The summed E-state index contributed by atoms with van der Waals surface area (Å²) in [6.07, 6.45) is 77.7. The summed E-state index contributed by atoms with van der Waals surface area (Å²) in [5, 5.41) is 13.8. The van der Waals surface area contributed by atoms with E-state index in [0.717, 1.165) is 128 Å². The van der Waals surface area contributed by atoms with Crippen LogP contribution in [0.25, 0.3) is 0 Å². The average molecular weight is 989 g/mol. The van der Waals surface area contributed by atoms with Crippen molar-refractivity contribution < 1.29 is 32.9 Å². The van der Waals surface area contributed by atoms with Gasteiger partial charge in [0.2, 0.25) is 5.91 Å². The molecule has 396 valence electrons. The molecule has 1 amide bonds.